The molecule has 1 aromatic rings. The van der Waals surface area contributed by atoms with Crippen LogP contribution in [0.5, 0.6) is 11.5 Å². The normalized spacial score (nSPS) is 20.5. The van der Waals surface area contributed by atoms with Crippen LogP contribution >= 0.6 is 0 Å². The van der Waals surface area contributed by atoms with Crippen molar-refractivity contribution in [2.24, 2.45) is 0 Å². The highest BCUT2D eigenvalue weighted by atomic mass is 16.5. The fraction of sp³-hybridized carbons (Fsp3) is 0.500. The van der Waals surface area contributed by atoms with E-state index in [2.05, 4.69) is 16.7 Å². The Labute approximate surface area is 95.9 Å². The van der Waals surface area contributed by atoms with E-state index in [1.54, 1.807) is 14.2 Å². The van der Waals surface area contributed by atoms with Crippen molar-refractivity contribution in [1.29, 1.82) is 0 Å². The van der Waals surface area contributed by atoms with Gasteiger partial charge in [-0.05, 0) is 6.07 Å². The lowest BCUT2D eigenvalue weighted by Crippen LogP contribution is -2.42. The summed E-state index contributed by atoms with van der Waals surface area (Å²) in [6.07, 6.45) is 0. The van der Waals surface area contributed by atoms with Crippen LogP contribution in [0.15, 0.2) is 18.2 Å². The lowest BCUT2D eigenvalue weighted by molar-refractivity contribution is 0.373. The lowest BCUT2D eigenvalue weighted by Gasteiger charge is -2.26. The number of nitrogens with one attached hydrogen (secondary N) is 2. The van der Waals surface area contributed by atoms with Crippen LogP contribution in [0.2, 0.25) is 0 Å². The van der Waals surface area contributed by atoms with Crippen molar-refractivity contribution in [2.45, 2.75) is 6.04 Å². The molecule has 1 aliphatic heterocycles. The molecule has 2 N–H and O–H groups in total. The average molecular weight is 222 g/mol. The predicted molar refractivity (Wildman–Crippen MR) is 63.2 cm³/mol. The summed E-state index contributed by atoms with van der Waals surface area (Å²) in [4.78, 5) is 0. The largest absolute Gasteiger partial charge is 0.497 e. The molecule has 1 aliphatic rings. The van der Waals surface area contributed by atoms with Crippen LogP contribution in [0.3, 0.4) is 0 Å². The van der Waals surface area contributed by atoms with Crippen molar-refractivity contribution in [2.75, 3.05) is 33.9 Å². The maximum Gasteiger partial charge on any atom is 0.127 e. The first-order chi connectivity index (χ1) is 7.85. The Kier molecular flexibility index (Phi) is 3.64. The zero-order valence-electron chi connectivity index (χ0n) is 9.75. The Morgan fingerprint density at radius 3 is 2.69 bits per heavy atom. The second kappa shape index (κ2) is 5.18. The molecular weight excluding hydrogens is 204 g/mol. The Hall–Kier alpha value is -1.26. The first-order valence-corrected chi connectivity index (χ1v) is 5.51. The summed E-state index contributed by atoms with van der Waals surface area (Å²) in [5, 5.41) is 6.83. The van der Waals surface area contributed by atoms with Gasteiger partial charge in [-0.1, -0.05) is 6.07 Å². The first-order valence-electron chi connectivity index (χ1n) is 5.51. The van der Waals surface area contributed by atoms with Crippen LogP contribution in [0.4, 0.5) is 0 Å². The van der Waals surface area contributed by atoms with Gasteiger partial charge in [0.1, 0.15) is 11.5 Å². The minimum atomic E-state index is 0.314. The molecule has 1 saturated heterocycles. The molecule has 0 aromatic heterocycles. The zero-order chi connectivity index (χ0) is 11.4. The van der Waals surface area contributed by atoms with Crippen LogP contribution in [0, 0.1) is 0 Å². The Balaban J connectivity index is 2.24. The fourth-order valence-corrected chi connectivity index (χ4v) is 1.98. The van der Waals surface area contributed by atoms with Gasteiger partial charge >= 0.3 is 0 Å². The summed E-state index contributed by atoms with van der Waals surface area (Å²) in [6, 6.07) is 6.26. The first kappa shape index (κ1) is 11.2. The van der Waals surface area contributed by atoms with Crippen LogP contribution in [0.1, 0.15) is 11.6 Å². The molecule has 1 fully saturated rings. The molecule has 0 unspecified atom stereocenters. The molecule has 0 saturated carbocycles. The van der Waals surface area contributed by atoms with E-state index in [-0.39, 0.29) is 0 Å². The summed E-state index contributed by atoms with van der Waals surface area (Å²) in [5.41, 5.74) is 1.18. The second-order valence-corrected chi connectivity index (χ2v) is 3.82. The van der Waals surface area contributed by atoms with Crippen LogP contribution < -0.4 is 20.1 Å². The molecular formula is C12H18N2O2. The molecule has 0 bridgehead atoms. The molecule has 4 nitrogen and oxygen atoms in total. The van der Waals surface area contributed by atoms with E-state index >= 15 is 0 Å². The third-order valence-electron chi connectivity index (χ3n) is 2.86. The van der Waals surface area contributed by atoms with Gasteiger partial charge in [-0.2, -0.15) is 0 Å². The molecule has 1 aromatic carbocycles. The van der Waals surface area contributed by atoms with Gasteiger partial charge in [-0.3, -0.25) is 0 Å². The molecule has 0 spiro atoms. The van der Waals surface area contributed by atoms with E-state index in [0.29, 0.717) is 6.04 Å². The van der Waals surface area contributed by atoms with Gasteiger partial charge in [0.15, 0.2) is 0 Å². The molecule has 1 heterocycles. The van der Waals surface area contributed by atoms with Gasteiger partial charge in [0.05, 0.1) is 14.2 Å². The quantitative estimate of drug-likeness (QED) is 0.798. The average Bonchev–Trinajstić information content (AvgIpc) is 2.39. The molecule has 4 heteroatoms. The van der Waals surface area contributed by atoms with E-state index in [4.69, 9.17) is 9.47 Å². The molecule has 2 rings (SSSR count). The SMILES string of the molecule is COc1ccc([C@H]2CNCCN2)c(OC)c1. The summed E-state index contributed by atoms with van der Waals surface area (Å²) >= 11 is 0. The van der Waals surface area contributed by atoms with Gasteiger partial charge in [0, 0.05) is 37.3 Å². The number of hydrogen-bond acceptors (Lipinski definition) is 4. The topological polar surface area (TPSA) is 42.5 Å². The van der Waals surface area contributed by atoms with Crippen molar-refractivity contribution >= 4 is 0 Å². The number of benzene rings is 1. The maximum absolute atomic E-state index is 5.39. The number of methoxy groups -OCH3 is 2. The lowest BCUT2D eigenvalue weighted by atomic mass is 10.0. The summed E-state index contributed by atoms with van der Waals surface area (Å²) < 4.78 is 10.6. The Bertz CT molecular complexity index is 349. The highest BCUT2D eigenvalue weighted by molar-refractivity contribution is 5.42. The standard InChI is InChI=1S/C12H18N2O2/c1-15-9-3-4-10(12(7-9)16-2)11-8-13-5-6-14-11/h3-4,7,11,13-14H,5-6,8H2,1-2H3/t11-/m1/s1. The zero-order valence-corrected chi connectivity index (χ0v) is 9.75. The van der Waals surface area contributed by atoms with Gasteiger partial charge in [0.25, 0.3) is 0 Å². The van der Waals surface area contributed by atoms with Crippen LogP contribution in [-0.2, 0) is 0 Å². The fourth-order valence-electron chi connectivity index (χ4n) is 1.98. The second-order valence-electron chi connectivity index (χ2n) is 3.82. The van der Waals surface area contributed by atoms with E-state index in [1.807, 2.05) is 12.1 Å². The smallest absolute Gasteiger partial charge is 0.127 e. The van der Waals surface area contributed by atoms with Gasteiger partial charge in [-0.15, -0.1) is 0 Å². The third-order valence-corrected chi connectivity index (χ3v) is 2.86. The third kappa shape index (κ3) is 2.28. The van der Waals surface area contributed by atoms with Crippen molar-refractivity contribution in [1.82, 2.24) is 10.6 Å². The van der Waals surface area contributed by atoms with Gasteiger partial charge in [0.2, 0.25) is 0 Å². The van der Waals surface area contributed by atoms with E-state index in [0.717, 1.165) is 31.1 Å². The van der Waals surface area contributed by atoms with Crippen molar-refractivity contribution in [3.05, 3.63) is 23.8 Å². The maximum atomic E-state index is 5.39. The van der Waals surface area contributed by atoms with Gasteiger partial charge in [-0.25, -0.2) is 0 Å². The molecule has 1 atom stereocenters. The van der Waals surface area contributed by atoms with Gasteiger partial charge < -0.3 is 20.1 Å². The van der Waals surface area contributed by atoms with E-state index in [1.165, 1.54) is 5.56 Å². The molecule has 0 radical (unpaired) electrons. The number of ether oxygens (including phenoxy) is 2. The minimum absolute atomic E-state index is 0.314. The van der Waals surface area contributed by atoms with Crippen molar-refractivity contribution < 1.29 is 9.47 Å². The number of piperazine rings is 1. The molecule has 16 heavy (non-hydrogen) atoms. The summed E-state index contributed by atoms with van der Waals surface area (Å²) in [6.45, 7) is 2.94. The highest BCUT2D eigenvalue weighted by Crippen LogP contribution is 2.29. The van der Waals surface area contributed by atoms with E-state index in [9.17, 15) is 0 Å². The Morgan fingerprint density at radius 2 is 2.06 bits per heavy atom. The predicted octanol–water partition coefficient (Wildman–Crippen LogP) is 0.938. The molecule has 0 amide bonds. The Morgan fingerprint density at radius 1 is 1.19 bits per heavy atom. The van der Waals surface area contributed by atoms with Crippen LogP contribution in [0.25, 0.3) is 0 Å². The minimum Gasteiger partial charge on any atom is -0.497 e. The monoisotopic (exact) mass is 222 g/mol. The molecule has 0 aliphatic carbocycles. The summed E-state index contributed by atoms with van der Waals surface area (Å²) in [5.74, 6) is 1.70. The number of hydrogen-bond donors (Lipinski definition) is 2. The van der Waals surface area contributed by atoms with Crippen molar-refractivity contribution in [3.8, 4) is 11.5 Å². The number of rotatable bonds is 3. The summed E-state index contributed by atoms with van der Waals surface area (Å²) in [7, 11) is 3.35. The van der Waals surface area contributed by atoms with E-state index < -0.39 is 0 Å². The van der Waals surface area contributed by atoms with Crippen LogP contribution in [-0.4, -0.2) is 33.9 Å². The highest BCUT2D eigenvalue weighted by Gasteiger charge is 2.18. The van der Waals surface area contributed by atoms with Crippen molar-refractivity contribution in [3.63, 3.8) is 0 Å². The molecule has 88 valence electrons.